The number of carbonyl (C=O) groups excluding carboxylic acids is 1. The number of carbonyl (C=O) groups is 1. The Morgan fingerprint density at radius 1 is 1.17 bits per heavy atom. The zero-order valence-corrected chi connectivity index (χ0v) is 7.88. The standard InChI is InChI=1S/C11H18O/c1-10(12)8-9-11-6-4-2-3-5-7-11/h8-9,11H,2-7H2,1H3/b9-8+. The lowest BCUT2D eigenvalue weighted by atomic mass is 10.00. The Morgan fingerprint density at radius 2 is 1.75 bits per heavy atom. The van der Waals surface area contributed by atoms with Crippen LogP contribution in [-0.2, 0) is 4.79 Å². The average molecular weight is 166 g/mol. The number of hydrogen-bond donors (Lipinski definition) is 0. The molecule has 0 aliphatic heterocycles. The van der Waals surface area contributed by atoms with E-state index in [1.807, 2.05) is 0 Å². The summed E-state index contributed by atoms with van der Waals surface area (Å²) in [5, 5.41) is 0. The Morgan fingerprint density at radius 3 is 2.25 bits per heavy atom. The van der Waals surface area contributed by atoms with Crippen molar-refractivity contribution in [1.82, 2.24) is 0 Å². The Hall–Kier alpha value is -0.590. The molecule has 1 fully saturated rings. The summed E-state index contributed by atoms with van der Waals surface area (Å²) in [5.74, 6) is 0.857. The smallest absolute Gasteiger partial charge is 0.152 e. The summed E-state index contributed by atoms with van der Waals surface area (Å²) in [6, 6.07) is 0. The second kappa shape index (κ2) is 5.13. The van der Waals surface area contributed by atoms with Gasteiger partial charge in [-0.05, 0) is 31.8 Å². The van der Waals surface area contributed by atoms with Crippen molar-refractivity contribution in [3.05, 3.63) is 12.2 Å². The lowest BCUT2D eigenvalue weighted by molar-refractivity contribution is -0.112. The summed E-state index contributed by atoms with van der Waals surface area (Å²) in [5.41, 5.74) is 0. The summed E-state index contributed by atoms with van der Waals surface area (Å²) in [6.07, 6.45) is 11.8. The Bertz CT molecular complexity index is 162. The molecule has 0 aromatic rings. The molecule has 68 valence electrons. The van der Waals surface area contributed by atoms with E-state index in [1.165, 1.54) is 38.5 Å². The third kappa shape index (κ3) is 3.70. The Balaban J connectivity index is 2.34. The van der Waals surface area contributed by atoms with Crippen LogP contribution in [0.15, 0.2) is 12.2 Å². The predicted molar refractivity (Wildman–Crippen MR) is 51.0 cm³/mol. The quantitative estimate of drug-likeness (QED) is 0.455. The van der Waals surface area contributed by atoms with Crippen molar-refractivity contribution in [3.63, 3.8) is 0 Å². The molecule has 1 nitrogen and oxygen atoms in total. The molecule has 0 amide bonds. The summed E-state index contributed by atoms with van der Waals surface area (Å²) < 4.78 is 0. The predicted octanol–water partition coefficient (Wildman–Crippen LogP) is 3.10. The highest BCUT2D eigenvalue weighted by atomic mass is 16.1. The Labute approximate surface area is 74.9 Å². The van der Waals surface area contributed by atoms with Crippen molar-refractivity contribution in [2.24, 2.45) is 5.92 Å². The lowest BCUT2D eigenvalue weighted by Crippen LogP contribution is -1.94. The van der Waals surface area contributed by atoms with Gasteiger partial charge in [-0.1, -0.05) is 31.8 Å². The molecule has 1 rings (SSSR count). The molecule has 0 aromatic heterocycles. The highest BCUT2D eigenvalue weighted by Crippen LogP contribution is 2.23. The van der Waals surface area contributed by atoms with E-state index in [0.717, 1.165) is 0 Å². The highest BCUT2D eigenvalue weighted by Gasteiger charge is 2.08. The maximum absolute atomic E-state index is 10.7. The fourth-order valence-electron chi connectivity index (χ4n) is 1.77. The van der Waals surface area contributed by atoms with Crippen molar-refractivity contribution >= 4 is 5.78 Å². The molecule has 0 bridgehead atoms. The molecule has 0 radical (unpaired) electrons. The van der Waals surface area contributed by atoms with Gasteiger partial charge in [0.2, 0.25) is 0 Å². The fourth-order valence-corrected chi connectivity index (χ4v) is 1.77. The molecule has 1 aliphatic carbocycles. The maximum atomic E-state index is 10.7. The fraction of sp³-hybridized carbons (Fsp3) is 0.727. The SMILES string of the molecule is CC(=O)/C=C/C1CCCCCC1. The third-order valence-corrected chi connectivity index (χ3v) is 2.50. The van der Waals surface area contributed by atoms with Crippen LogP contribution in [0, 0.1) is 5.92 Å². The number of allylic oxidation sites excluding steroid dienone is 2. The Kier molecular flexibility index (Phi) is 4.06. The number of ketones is 1. The van der Waals surface area contributed by atoms with E-state index in [-0.39, 0.29) is 5.78 Å². The van der Waals surface area contributed by atoms with Gasteiger partial charge < -0.3 is 0 Å². The van der Waals surface area contributed by atoms with Crippen molar-refractivity contribution in [1.29, 1.82) is 0 Å². The van der Waals surface area contributed by atoms with E-state index in [4.69, 9.17) is 0 Å². The normalized spacial score (nSPS) is 21.1. The number of rotatable bonds is 2. The van der Waals surface area contributed by atoms with Gasteiger partial charge in [0.25, 0.3) is 0 Å². The second-order valence-corrected chi connectivity index (χ2v) is 3.72. The van der Waals surface area contributed by atoms with E-state index < -0.39 is 0 Å². The van der Waals surface area contributed by atoms with E-state index in [1.54, 1.807) is 13.0 Å². The van der Waals surface area contributed by atoms with Crippen molar-refractivity contribution in [2.45, 2.75) is 45.4 Å². The summed E-state index contributed by atoms with van der Waals surface area (Å²) in [6.45, 7) is 1.62. The minimum Gasteiger partial charge on any atom is -0.295 e. The van der Waals surface area contributed by atoms with Crippen LogP contribution in [0.2, 0.25) is 0 Å². The first-order valence-corrected chi connectivity index (χ1v) is 4.98. The lowest BCUT2D eigenvalue weighted by Gasteiger charge is -2.06. The van der Waals surface area contributed by atoms with E-state index in [2.05, 4.69) is 6.08 Å². The molecule has 1 aliphatic rings. The molecule has 1 saturated carbocycles. The molecule has 0 unspecified atom stereocenters. The van der Waals surface area contributed by atoms with Crippen molar-refractivity contribution in [3.8, 4) is 0 Å². The zero-order chi connectivity index (χ0) is 8.81. The minimum atomic E-state index is 0.180. The van der Waals surface area contributed by atoms with Crippen LogP contribution >= 0.6 is 0 Å². The van der Waals surface area contributed by atoms with Crippen LogP contribution in [0.3, 0.4) is 0 Å². The molecule has 0 heterocycles. The third-order valence-electron chi connectivity index (χ3n) is 2.50. The molecule has 0 saturated heterocycles. The number of hydrogen-bond acceptors (Lipinski definition) is 1. The molecular weight excluding hydrogens is 148 g/mol. The molecule has 0 aromatic carbocycles. The van der Waals surface area contributed by atoms with Crippen LogP contribution in [0.1, 0.15) is 45.4 Å². The molecule has 1 heteroatoms. The first kappa shape index (κ1) is 9.50. The average Bonchev–Trinajstić information content (AvgIpc) is 2.28. The molecule has 0 spiro atoms. The van der Waals surface area contributed by atoms with Gasteiger partial charge in [-0.3, -0.25) is 4.79 Å². The highest BCUT2D eigenvalue weighted by molar-refractivity contribution is 5.87. The largest absolute Gasteiger partial charge is 0.295 e. The van der Waals surface area contributed by atoms with Crippen molar-refractivity contribution < 1.29 is 4.79 Å². The van der Waals surface area contributed by atoms with Crippen molar-refractivity contribution in [2.75, 3.05) is 0 Å². The maximum Gasteiger partial charge on any atom is 0.152 e. The summed E-state index contributed by atoms with van der Waals surface area (Å²) >= 11 is 0. The van der Waals surface area contributed by atoms with Crippen LogP contribution in [-0.4, -0.2) is 5.78 Å². The van der Waals surface area contributed by atoms with Crippen LogP contribution in [0.25, 0.3) is 0 Å². The van der Waals surface area contributed by atoms with Gasteiger partial charge >= 0.3 is 0 Å². The molecule has 0 atom stereocenters. The second-order valence-electron chi connectivity index (χ2n) is 3.72. The van der Waals surface area contributed by atoms with E-state index >= 15 is 0 Å². The first-order valence-electron chi connectivity index (χ1n) is 4.98. The van der Waals surface area contributed by atoms with E-state index in [0.29, 0.717) is 5.92 Å². The van der Waals surface area contributed by atoms with Gasteiger partial charge in [0.05, 0.1) is 0 Å². The van der Waals surface area contributed by atoms with Gasteiger partial charge in [0, 0.05) is 0 Å². The first-order chi connectivity index (χ1) is 5.79. The molecule has 0 N–H and O–H groups in total. The zero-order valence-electron chi connectivity index (χ0n) is 7.88. The monoisotopic (exact) mass is 166 g/mol. The van der Waals surface area contributed by atoms with Gasteiger partial charge in [0.15, 0.2) is 5.78 Å². The van der Waals surface area contributed by atoms with E-state index in [9.17, 15) is 4.79 Å². The van der Waals surface area contributed by atoms with Crippen LogP contribution < -0.4 is 0 Å². The topological polar surface area (TPSA) is 17.1 Å². The molecule has 12 heavy (non-hydrogen) atoms. The summed E-state index contributed by atoms with van der Waals surface area (Å²) in [7, 11) is 0. The molecular formula is C11H18O. The van der Waals surface area contributed by atoms with Crippen LogP contribution in [0.5, 0.6) is 0 Å². The minimum absolute atomic E-state index is 0.180. The van der Waals surface area contributed by atoms with Gasteiger partial charge in [-0.25, -0.2) is 0 Å². The van der Waals surface area contributed by atoms with Crippen LogP contribution in [0.4, 0.5) is 0 Å². The van der Waals surface area contributed by atoms with Gasteiger partial charge in [-0.2, -0.15) is 0 Å². The summed E-state index contributed by atoms with van der Waals surface area (Å²) in [4.78, 5) is 10.7. The van der Waals surface area contributed by atoms with Gasteiger partial charge in [0.1, 0.15) is 0 Å². The van der Waals surface area contributed by atoms with Gasteiger partial charge in [-0.15, -0.1) is 0 Å².